The summed E-state index contributed by atoms with van der Waals surface area (Å²) < 4.78 is 51.5. The highest BCUT2D eigenvalue weighted by atomic mass is 19.1. The van der Waals surface area contributed by atoms with Crippen LogP contribution >= 0.6 is 0 Å². The van der Waals surface area contributed by atoms with Gasteiger partial charge in [0.05, 0.1) is 22.8 Å². The summed E-state index contributed by atoms with van der Waals surface area (Å²) in [4.78, 5) is 0. The highest BCUT2D eigenvalue weighted by molar-refractivity contribution is 6.18. The van der Waals surface area contributed by atoms with Gasteiger partial charge in [-0.3, -0.25) is 0 Å². The molecule has 4 N–H and O–H groups in total. The first-order chi connectivity index (χ1) is 20.3. The van der Waals surface area contributed by atoms with Crippen LogP contribution in [0.25, 0.3) is 0 Å². The molecular weight excluding hydrogens is 556 g/mol. The fraction of sp³-hybridized carbons (Fsp3) is 0.0667. The molecule has 0 heterocycles. The van der Waals surface area contributed by atoms with Gasteiger partial charge < -0.3 is 20.8 Å². The van der Waals surface area contributed by atoms with Gasteiger partial charge in [0.1, 0.15) is 23.3 Å². The molecule has 0 atom stereocenters. The second-order valence-electron chi connectivity index (χ2n) is 8.57. The number of halogens is 4. The first-order valence-corrected chi connectivity index (χ1v) is 12.2. The van der Waals surface area contributed by atoms with E-state index in [1.54, 1.807) is 0 Å². The molecule has 0 aliphatic carbocycles. The van der Waals surface area contributed by atoms with Gasteiger partial charge in [-0.15, -0.1) is 0 Å². The minimum Gasteiger partial charge on any atom is -0.411 e. The lowest BCUT2D eigenvalue weighted by atomic mass is 10.00. The largest absolute Gasteiger partial charge is 0.411 e. The van der Waals surface area contributed by atoms with E-state index >= 15 is 0 Å². The fourth-order valence-corrected chi connectivity index (χ4v) is 3.67. The standard InChI is InChI=1S/2C15H12F2N2O2/c2*16-12-5-1-10(2-6-12)14(18-20)9-15(19-21)11-3-7-13(17)8-4-11/h2*1-8,20-21H,9H2/b2*18-14+,19-15+. The zero-order valence-corrected chi connectivity index (χ0v) is 21.7. The van der Waals surface area contributed by atoms with E-state index in [2.05, 4.69) is 20.6 Å². The van der Waals surface area contributed by atoms with Crippen LogP contribution in [0.2, 0.25) is 0 Å². The van der Waals surface area contributed by atoms with Gasteiger partial charge in [-0.1, -0.05) is 69.2 Å². The molecule has 4 aromatic rings. The lowest BCUT2D eigenvalue weighted by Gasteiger charge is -2.07. The maximum Gasteiger partial charge on any atom is 0.123 e. The first-order valence-electron chi connectivity index (χ1n) is 12.2. The summed E-state index contributed by atoms with van der Waals surface area (Å²) in [5.74, 6) is -1.65. The summed E-state index contributed by atoms with van der Waals surface area (Å²) in [5, 5.41) is 48.9. The smallest absolute Gasteiger partial charge is 0.123 e. The van der Waals surface area contributed by atoms with Gasteiger partial charge in [0.15, 0.2) is 0 Å². The van der Waals surface area contributed by atoms with Gasteiger partial charge in [0, 0.05) is 12.8 Å². The normalized spacial score (nSPS) is 12.5. The lowest BCUT2D eigenvalue weighted by molar-refractivity contribution is 0.315. The molecule has 0 unspecified atom stereocenters. The zero-order valence-electron chi connectivity index (χ0n) is 21.7. The molecule has 12 heteroatoms. The highest BCUT2D eigenvalue weighted by Crippen LogP contribution is 2.14. The summed E-state index contributed by atoms with van der Waals surface area (Å²) in [5.41, 5.74) is 2.76. The predicted octanol–water partition coefficient (Wildman–Crippen LogP) is 6.82. The molecule has 216 valence electrons. The molecule has 0 aliphatic rings. The van der Waals surface area contributed by atoms with E-state index in [1.807, 2.05) is 0 Å². The Balaban J connectivity index is 0.000000230. The molecule has 0 bridgehead atoms. The zero-order chi connectivity index (χ0) is 30.5. The Morgan fingerprint density at radius 1 is 0.357 bits per heavy atom. The van der Waals surface area contributed by atoms with Crippen molar-refractivity contribution in [2.45, 2.75) is 12.8 Å². The van der Waals surface area contributed by atoms with Gasteiger partial charge in [-0.25, -0.2) is 17.6 Å². The van der Waals surface area contributed by atoms with E-state index in [0.717, 1.165) is 0 Å². The lowest BCUT2D eigenvalue weighted by Crippen LogP contribution is -2.11. The second-order valence-corrected chi connectivity index (χ2v) is 8.57. The van der Waals surface area contributed by atoms with Gasteiger partial charge in [-0.2, -0.15) is 0 Å². The third-order valence-corrected chi connectivity index (χ3v) is 5.86. The van der Waals surface area contributed by atoms with E-state index < -0.39 is 23.3 Å². The molecule has 4 rings (SSSR count). The minimum absolute atomic E-state index is 0.00423. The van der Waals surface area contributed by atoms with Crippen molar-refractivity contribution in [3.05, 3.63) is 143 Å². The molecule has 0 aliphatic heterocycles. The van der Waals surface area contributed by atoms with Gasteiger partial charge >= 0.3 is 0 Å². The fourth-order valence-electron chi connectivity index (χ4n) is 3.67. The van der Waals surface area contributed by atoms with Crippen molar-refractivity contribution < 1.29 is 38.4 Å². The summed E-state index contributed by atoms with van der Waals surface area (Å²) in [6, 6.07) is 21.4. The quantitative estimate of drug-likeness (QED) is 0.0788. The molecule has 0 saturated carbocycles. The van der Waals surface area contributed by atoms with Crippen molar-refractivity contribution in [3.8, 4) is 0 Å². The van der Waals surface area contributed by atoms with Crippen LogP contribution in [0.4, 0.5) is 17.6 Å². The SMILES string of the molecule is O/N=C(\C/C(=N\O)c1ccc(F)cc1)c1ccc(F)cc1.O/N=C(\C/C(=N\O)c1ccc(F)cc1)c1ccc(F)cc1. The molecule has 0 spiro atoms. The van der Waals surface area contributed by atoms with Crippen LogP contribution in [0.15, 0.2) is 118 Å². The monoisotopic (exact) mass is 580 g/mol. The van der Waals surface area contributed by atoms with Crippen LogP contribution < -0.4 is 0 Å². The molecule has 8 nitrogen and oxygen atoms in total. The van der Waals surface area contributed by atoms with Crippen molar-refractivity contribution in [1.82, 2.24) is 0 Å². The molecular formula is C30H24F4N4O4. The van der Waals surface area contributed by atoms with Crippen molar-refractivity contribution in [3.63, 3.8) is 0 Å². The summed E-state index contributed by atoms with van der Waals surface area (Å²) >= 11 is 0. The molecule has 4 aromatic carbocycles. The first kappa shape index (κ1) is 31.0. The molecule has 0 fully saturated rings. The molecule has 0 radical (unpaired) electrons. The Kier molecular flexibility index (Phi) is 11.3. The summed E-state index contributed by atoms with van der Waals surface area (Å²) in [6.07, 6.45) is 0.00846. The van der Waals surface area contributed by atoms with E-state index in [0.29, 0.717) is 22.3 Å². The van der Waals surface area contributed by atoms with E-state index in [-0.39, 0.29) is 35.7 Å². The number of hydrogen-bond donors (Lipinski definition) is 4. The number of nitrogens with zero attached hydrogens (tertiary/aromatic N) is 4. The number of hydrogen-bond acceptors (Lipinski definition) is 8. The topological polar surface area (TPSA) is 130 Å². The molecule has 42 heavy (non-hydrogen) atoms. The summed E-state index contributed by atoms with van der Waals surface area (Å²) in [6.45, 7) is 0. The van der Waals surface area contributed by atoms with Crippen molar-refractivity contribution in [2.24, 2.45) is 20.6 Å². The molecule has 0 aromatic heterocycles. The Labute approximate surface area is 237 Å². The molecule has 0 amide bonds. The minimum atomic E-state index is -0.411. The average molecular weight is 581 g/mol. The van der Waals surface area contributed by atoms with Crippen LogP contribution in [0.5, 0.6) is 0 Å². The maximum absolute atomic E-state index is 12.9. The second kappa shape index (κ2) is 15.3. The number of rotatable bonds is 8. The van der Waals surface area contributed by atoms with Crippen molar-refractivity contribution in [1.29, 1.82) is 0 Å². The third-order valence-electron chi connectivity index (χ3n) is 5.86. The van der Waals surface area contributed by atoms with Crippen LogP contribution in [0, 0.1) is 23.3 Å². The Hall–Kier alpha value is -5.52. The van der Waals surface area contributed by atoms with E-state index in [1.165, 1.54) is 97.1 Å². The van der Waals surface area contributed by atoms with Crippen LogP contribution in [0.1, 0.15) is 35.1 Å². The Morgan fingerprint density at radius 2 is 0.524 bits per heavy atom. The Bertz CT molecular complexity index is 1330. The maximum atomic E-state index is 12.9. The number of benzene rings is 4. The average Bonchev–Trinajstić information content (AvgIpc) is 3.01. The van der Waals surface area contributed by atoms with Crippen molar-refractivity contribution >= 4 is 22.8 Å². The Morgan fingerprint density at radius 3 is 0.667 bits per heavy atom. The van der Waals surface area contributed by atoms with E-state index in [9.17, 15) is 17.6 Å². The van der Waals surface area contributed by atoms with Gasteiger partial charge in [-0.05, 0) is 70.8 Å². The highest BCUT2D eigenvalue weighted by Gasteiger charge is 2.14. The summed E-state index contributed by atoms with van der Waals surface area (Å²) in [7, 11) is 0. The van der Waals surface area contributed by atoms with Crippen LogP contribution in [-0.4, -0.2) is 43.7 Å². The van der Waals surface area contributed by atoms with Gasteiger partial charge in [0.2, 0.25) is 0 Å². The molecule has 0 saturated heterocycles. The van der Waals surface area contributed by atoms with E-state index in [4.69, 9.17) is 20.8 Å². The van der Waals surface area contributed by atoms with Crippen LogP contribution in [-0.2, 0) is 0 Å². The third kappa shape index (κ3) is 8.74. The van der Waals surface area contributed by atoms with Gasteiger partial charge in [0.25, 0.3) is 0 Å². The van der Waals surface area contributed by atoms with Crippen molar-refractivity contribution in [2.75, 3.05) is 0 Å². The number of oxime groups is 4. The van der Waals surface area contributed by atoms with Crippen LogP contribution in [0.3, 0.4) is 0 Å². The predicted molar refractivity (Wildman–Crippen MR) is 148 cm³/mol.